The van der Waals surface area contributed by atoms with Crippen molar-refractivity contribution < 1.29 is 9.53 Å². The van der Waals surface area contributed by atoms with Gasteiger partial charge in [-0.1, -0.05) is 13.3 Å². The quantitative estimate of drug-likeness (QED) is 0.683. The molecule has 1 N–H and O–H groups in total. The number of nitrogens with one attached hydrogen (secondary N) is 1. The Bertz CT molecular complexity index is 213. The van der Waals surface area contributed by atoms with Gasteiger partial charge in [-0.25, -0.2) is 0 Å². The molecule has 0 aromatic heterocycles. The van der Waals surface area contributed by atoms with Crippen molar-refractivity contribution in [2.24, 2.45) is 5.92 Å². The number of hydrogen-bond donors (Lipinski definition) is 1. The molecule has 1 aliphatic rings. The first-order valence-corrected chi connectivity index (χ1v) is 6.78. The topological polar surface area (TPSA) is 41.6 Å². The summed E-state index contributed by atoms with van der Waals surface area (Å²) in [6.07, 6.45) is 4.38. The summed E-state index contributed by atoms with van der Waals surface area (Å²) >= 11 is 0. The van der Waals surface area contributed by atoms with Gasteiger partial charge >= 0.3 is 0 Å². The van der Waals surface area contributed by atoms with E-state index in [-0.39, 0.29) is 12.5 Å². The number of piperidine rings is 1. The third-order valence-corrected chi connectivity index (χ3v) is 3.33. The van der Waals surface area contributed by atoms with E-state index in [1.807, 2.05) is 11.9 Å². The SMILES string of the molecule is CCCCOCC(=O)N1CCC(CNC)CC1. The van der Waals surface area contributed by atoms with Gasteiger partial charge in [-0.3, -0.25) is 4.79 Å². The lowest BCUT2D eigenvalue weighted by atomic mass is 9.97. The van der Waals surface area contributed by atoms with E-state index in [1.54, 1.807) is 0 Å². The Morgan fingerprint density at radius 1 is 1.41 bits per heavy atom. The minimum atomic E-state index is 0.156. The fourth-order valence-electron chi connectivity index (χ4n) is 2.17. The molecule has 0 spiro atoms. The normalized spacial score (nSPS) is 17.4. The summed E-state index contributed by atoms with van der Waals surface area (Å²) < 4.78 is 5.36. The first kappa shape index (κ1) is 14.5. The Balaban J connectivity index is 2.12. The molecule has 0 atom stereocenters. The Labute approximate surface area is 105 Å². The maximum Gasteiger partial charge on any atom is 0.248 e. The van der Waals surface area contributed by atoms with Crippen LogP contribution in [0.2, 0.25) is 0 Å². The molecular formula is C13H26N2O2. The van der Waals surface area contributed by atoms with Crippen molar-refractivity contribution >= 4 is 5.91 Å². The van der Waals surface area contributed by atoms with E-state index in [0.29, 0.717) is 6.61 Å². The van der Waals surface area contributed by atoms with Crippen LogP contribution in [0.5, 0.6) is 0 Å². The van der Waals surface area contributed by atoms with Crippen molar-refractivity contribution in [3.63, 3.8) is 0 Å². The lowest BCUT2D eigenvalue weighted by molar-refractivity contribution is -0.137. The highest BCUT2D eigenvalue weighted by Gasteiger charge is 2.21. The molecule has 0 radical (unpaired) electrons. The fourth-order valence-corrected chi connectivity index (χ4v) is 2.17. The number of nitrogens with zero attached hydrogens (tertiary/aromatic N) is 1. The molecule has 0 aromatic carbocycles. The van der Waals surface area contributed by atoms with Crippen molar-refractivity contribution in [1.82, 2.24) is 10.2 Å². The van der Waals surface area contributed by atoms with Crippen LogP contribution in [0.4, 0.5) is 0 Å². The lowest BCUT2D eigenvalue weighted by Gasteiger charge is -2.31. The second-order valence-electron chi connectivity index (χ2n) is 4.79. The van der Waals surface area contributed by atoms with Gasteiger partial charge < -0.3 is 15.0 Å². The van der Waals surface area contributed by atoms with E-state index in [4.69, 9.17) is 4.74 Å². The van der Waals surface area contributed by atoms with Crippen LogP contribution in [0.25, 0.3) is 0 Å². The number of carbonyl (C=O) groups is 1. The maximum absolute atomic E-state index is 11.8. The molecule has 4 heteroatoms. The Morgan fingerprint density at radius 3 is 2.71 bits per heavy atom. The summed E-state index contributed by atoms with van der Waals surface area (Å²) in [5.74, 6) is 0.883. The van der Waals surface area contributed by atoms with Gasteiger partial charge in [-0.2, -0.15) is 0 Å². The third kappa shape index (κ3) is 5.50. The molecule has 1 saturated heterocycles. The Kier molecular flexibility index (Phi) is 7.21. The van der Waals surface area contributed by atoms with Gasteiger partial charge in [0.15, 0.2) is 0 Å². The molecule has 0 aromatic rings. The Hall–Kier alpha value is -0.610. The minimum Gasteiger partial charge on any atom is -0.372 e. The zero-order valence-electron chi connectivity index (χ0n) is 11.2. The number of rotatable bonds is 7. The summed E-state index contributed by atoms with van der Waals surface area (Å²) in [5.41, 5.74) is 0. The van der Waals surface area contributed by atoms with Crippen molar-refractivity contribution in [2.75, 3.05) is 39.9 Å². The van der Waals surface area contributed by atoms with Crippen LogP contribution >= 0.6 is 0 Å². The minimum absolute atomic E-state index is 0.156. The van der Waals surface area contributed by atoms with Gasteiger partial charge in [-0.05, 0) is 38.8 Å². The summed E-state index contributed by atoms with van der Waals surface area (Å²) in [7, 11) is 1.99. The molecule has 0 unspecified atom stereocenters. The Morgan fingerprint density at radius 2 is 2.12 bits per heavy atom. The van der Waals surface area contributed by atoms with Gasteiger partial charge in [0, 0.05) is 19.7 Å². The predicted molar refractivity (Wildman–Crippen MR) is 69.0 cm³/mol. The molecule has 0 bridgehead atoms. The molecule has 1 aliphatic heterocycles. The molecule has 4 nitrogen and oxygen atoms in total. The van der Waals surface area contributed by atoms with Crippen LogP contribution < -0.4 is 5.32 Å². The smallest absolute Gasteiger partial charge is 0.248 e. The molecule has 17 heavy (non-hydrogen) atoms. The van der Waals surface area contributed by atoms with Crippen molar-refractivity contribution in [2.45, 2.75) is 32.6 Å². The molecule has 1 rings (SSSR count). The molecule has 0 aliphatic carbocycles. The van der Waals surface area contributed by atoms with E-state index in [0.717, 1.165) is 51.2 Å². The fraction of sp³-hybridized carbons (Fsp3) is 0.923. The van der Waals surface area contributed by atoms with Crippen LogP contribution in [0.3, 0.4) is 0 Å². The van der Waals surface area contributed by atoms with Gasteiger partial charge in [0.1, 0.15) is 6.61 Å². The zero-order valence-corrected chi connectivity index (χ0v) is 11.2. The number of hydrogen-bond acceptors (Lipinski definition) is 3. The van der Waals surface area contributed by atoms with Crippen LogP contribution in [0, 0.1) is 5.92 Å². The number of likely N-dealkylation sites (tertiary alicyclic amines) is 1. The summed E-state index contributed by atoms with van der Waals surface area (Å²) in [6, 6.07) is 0. The molecule has 1 fully saturated rings. The average Bonchev–Trinajstić information content (AvgIpc) is 2.36. The van der Waals surface area contributed by atoms with Crippen LogP contribution in [-0.4, -0.2) is 50.7 Å². The van der Waals surface area contributed by atoms with Gasteiger partial charge in [0.05, 0.1) is 0 Å². The summed E-state index contributed by atoms with van der Waals surface area (Å²) in [6.45, 7) is 5.94. The van der Waals surface area contributed by atoms with Crippen molar-refractivity contribution in [3.8, 4) is 0 Å². The number of unbranched alkanes of at least 4 members (excludes halogenated alkanes) is 1. The third-order valence-electron chi connectivity index (χ3n) is 3.33. The van der Waals surface area contributed by atoms with E-state index in [2.05, 4.69) is 12.2 Å². The summed E-state index contributed by atoms with van der Waals surface area (Å²) in [5, 5.41) is 3.20. The summed E-state index contributed by atoms with van der Waals surface area (Å²) in [4.78, 5) is 13.8. The first-order chi connectivity index (χ1) is 8.27. The highest BCUT2D eigenvalue weighted by Crippen LogP contribution is 2.16. The second-order valence-corrected chi connectivity index (χ2v) is 4.79. The maximum atomic E-state index is 11.8. The molecule has 100 valence electrons. The molecule has 0 saturated carbocycles. The molecule has 1 amide bonds. The number of amides is 1. The zero-order chi connectivity index (χ0) is 12.5. The van der Waals surface area contributed by atoms with Crippen LogP contribution in [0.1, 0.15) is 32.6 Å². The monoisotopic (exact) mass is 242 g/mol. The van der Waals surface area contributed by atoms with Crippen molar-refractivity contribution in [3.05, 3.63) is 0 Å². The van der Waals surface area contributed by atoms with Gasteiger partial charge in [0.2, 0.25) is 5.91 Å². The number of ether oxygens (including phenoxy) is 1. The van der Waals surface area contributed by atoms with Gasteiger partial charge in [-0.15, -0.1) is 0 Å². The highest BCUT2D eigenvalue weighted by molar-refractivity contribution is 5.77. The highest BCUT2D eigenvalue weighted by atomic mass is 16.5. The van der Waals surface area contributed by atoms with Crippen LogP contribution in [0.15, 0.2) is 0 Å². The van der Waals surface area contributed by atoms with E-state index >= 15 is 0 Å². The average molecular weight is 242 g/mol. The van der Waals surface area contributed by atoms with Crippen molar-refractivity contribution in [1.29, 1.82) is 0 Å². The predicted octanol–water partition coefficient (Wildman–Crippen LogP) is 1.26. The lowest BCUT2D eigenvalue weighted by Crippen LogP contribution is -2.42. The molecular weight excluding hydrogens is 216 g/mol. The standard InChI is InChI=1S/C13H26N2O2/c1-3-4-9-17-11-13(16)15-7-5-12(6-8-15)10-14-2/h12,14H,3-11H2,1-2H3. The van der Waals surface area contributed by atoms with Crippen LogP contribution in [-0.2, 0) is 9.53 Å². The molecule has 1 heterocycles. The first-order valence-electron chi connectivity index (χ1n) is 6.78. The largest absolute Gasteiger partial charge is 0.372 e. The van der Waals surface area contributed by atoms with E-state index in [1.165, 1.54) is 0 Å². The number of carbonyl (C=O) groups excluding carboxylic acids is 1. The van der Waals surface area contributed by atoms with E-state index in [9.17, 15) is 4.79 Å². The second kappa shape index (κ2) is 8.48. The van der Waals surface area contributed by atoms with Gasteiger partial charge in [0.25, 0.3) is 0 Å². The van der Waals surface area contributed by atoms with E-state index < -0.39 is 0 Å².